The van der Waals surface area contributed by atoms with E-state index >= 15 is 0 Å². The molecule has 0 bridgehead atoms. The van der Waals surface area contributed by atoms with E-state index in [0.29, 0.717) is 18.1 Å². The van der Waals surface area contributed by atoms with Gasteiger partial charge in [-0.3, -0.25) is 4.90 Å². The van der Waals surface area contributed by atoms with E-state index in [9.17, 15) is 0 Å². The average Bonchev–Trinajstić information content (AvgIpc) is 1.88. The zero-order valence-electron chi connectivity index (χ0n) is 8.68. The van der Waals surface area contributed by atoms with E-state index in [-0.39, 0.29) is 0 Å². The summed E-state index contributed by atoms with van der Waals surface area (Å²) in [4.78, 5) is 2.35. The van der Waals surface area contributed by atoms with Crippen molar-refractivity contribution in [2.24, 2.45) is 5.92 Å². The lowest BCUT2D eigenvalue weighted by molar-refractivity contribution is 0.131. The maximum Gasteiger partial charge on any atom is 0.0618 e. The minimum atomic E-state index is 0.495. The Labute approximate surface area is 71.0 Å². The van der Waals surface area contributed by atoms with Gasteiger partial charge in [0.25, 0.3) is 0 Å². The molecule has 0 aliphatic rings. The van der Waals surface area contributed by atoms with E-state index in [2.05, 4.69) is 45.0 Å². The first-order valence-corrected chi connectivity index (χ1v) is 4.40. The van der Waals surface area contributed by atoms with E-state index in [0.717, 1.165) is 0 Å². The predicted octanol–water partition coefficient (Wildman–Crippen LogP) is 1.53. The molecular weight excluding hydrogens is 136 g/mol. The number of rotatable bonds is 4. The van der Waals surface area contributed by atoms with Crippen molar-refractivity contribution in [1.29, 1.82) is 0 Å². The largest absolute Gasteiger partial charge is 0.305 e. The molecule has 0 radical (unpaired) electrons. The summed E-state index contributed by atoms with van der Waals surface area (Å²) < 4.78 is 0. The maximum absolute atomic E-state index is 3.31. The van der Waals surface area contributed by atoms with Crippen LogP contribution >= 0.6 is 0 Å². The monoisotopic (exact) mass is 158 g/mol. The van der Waals surface area contributed by atoms with Crippen molar-refractivity contribution < 1.29 is 0 Å². The molecule has 0 amide bonds. The van der Waals surface area contributed by atoms with Crippen LogP contribution in [-0.2, 0) is 0 Å². The van der Waals surface area contributed by atoms with Crippen LogP contribution in [-0.4, -0.2) is 31.2 Å². The van der Waals surface area contributed by atoms with E-state index in [1.54, 1.807) is 0 Å². The summed E-state index contributed by atoms with van der Waals surface area (Å²) in [6.45, 7) is 8.90. The van der Waals surface area contributed by atoms with E-state index < -0.39 is 0 Å². The predicted molar refractivity (Wildman–Crippen MR) is 50.6 cm³/mol. The normalized spacial score (nSPS) is 15.0. The Balaban J connectivity index is 4.02. The van der Waals surface area contributed by atoms with Gasteiger partial charge in [0.2, 0.25) is 0 Å². The van der Waals surface area contributed by atoms with Gasteiger partial charge < -0.3 is 5.32 Å². The van der Waals surface area contributed by atoms with Gasteiger partial charge >= 0.3 is 0 Å². The number of nitrogens with one attached hydrogen (secondary N) is 1. The molecule has 0 aromatic heterocycles. The van der Waals surface area contributed by atoms with Crippen LogP contribution in [0.3, 0.4) is 0 Å². The van der Waals surface area contributed by atoms with Crippen LogP contribution in [0.15, 0.2) is 0 Å². The van der Waals surface area contributed by atoms with Crippen molar-refractivity contribution in [1.82, 2.24) is 10.2 Å². The molecule has 0 aliphatic carbocycles. The van der Waals surface area contributed by atoms with Crippen LogP contribution in [0, 0.1) is 5.92 Å². The standard InChI is InChI=1S/C9H22N2/c1-7(2)9(10-5)11(6)8(3)4/h7-10H,1-6H3. The Morgan fingerprint density at radius 2 is 1.55 bits per heavy atom. The van der Waals surface area contributed by atoms with Gasteiger partial charge in [-0.2, -0.15) is 0 Å². The Bertz CT molecular complexity index is 99.7. The molecule has 0 fully saturated rings. The van der Waals surface area contributed by atoms with Gasteiger partial charge in [0.15, 0.2) is 0 Å². The summed E-state index contributed by atoms with van der Waals surface area (Å²) in [5, 5.41) is 3.31. The van der Waals surface area contributed by atoms with Crippen molar-refractivity contribution in [3.05, 3.63) is 0 Å². The van der Waals surface area contributed by atoms with Gasteiger partial charge in [0.1, 0.15) is 0 Å². The minimum Gasteiger partial charge on any atom is -0.305 e. The number of hydrogen-bond donors (Lipinski definition) is 1. The summed E-state index contributed by atoms with van der Waals surface area (Å²) in [7, 11) is 4.18. The van der Waals surface area contributed by atoms with Crippen molar-refractivity contribution in [2.45, 2.75) is 39.9 Å². The summed E-state index contributed by atoms with van der Waals surface area (Å²) >= 11 is 0. The first-order valence-electron chi connectivity index (χ1n) is 4.40. The van der Waals surface area contributed by atoms with Crippen molar-refractivity contribution in [3.8, 4) is 0 Å². The van der Waals surface area contributed by atoms with Gasteiger partial charge in [-0.05, 0) is 33.9 Å². The highest BCUT2D eigenvalue weighted by Crippen LogP contribution is 2.08. The summed E-state index contributed by atoms with van der Waals surface area (Å²) in [5.41, 5.74) is 0. The van der Waals surface area contributed by atoms with Crippen LogP contribution < -0.4 is 5.32 Å². The molecule has 2 heteroatoms. The quantitative estimate of drug-likeness (QED) is 0.624. The topological polar surface area (TPSA) is 15.3 Å². The van der Waals surface area contributed by atoms with Gasteiger partial charge in [0, 0.05) is 6.04 Å². The fourth-order valence-corrected chi connectivity index (χ4v) is 1.33. The molecule has 68 valence electrons. The fraction of sp³-hybridized carbons (Fsp3) is 1.00. The maximum atomic E-state index is 3.31. The van der Waals surface area contributed by atoms with Crippen molar-refractivity contribution in [3.63, 3.8) is 0 Å². The van der Waals surface area contributed by atoms with E-state index in [1.165, 1.54) is 0 Å². The Kier molecular flexibility index (Phi) is 4.69. The molecule has 0 aromatic rings. The highest BCUT2D eigenvalue weighted by Gasteiger charge is 2.17. The molecule has 1 N–H and O–H groups in total. The number of hydrogen-bond acceptors (Lipinski definition) is 2. The molecule has 1 unspecified atom stereocenters. The molecule has 0 saturated heterocycles. The average molecular weight is 158 g/mol. The fourth-order valence-electron chi connectivity index (χ4n) is 1.33. The third-order valence-corrected chi connectivity index (χ3v) is 2.18. The first-order chi connectivity index (χ1) is 5.00. The summed E-state index contributed by atoms with van der Waals surface area (Å²) in [6, 6.07) is 0.606. The lowest BCUT2D eigenvalue weighted by atomic mass is 10.1. The van der Waals surface area contributed by atoms with Crippen molar-refractivity contribution in [2.75, 3.05) is 14.1 Å². The molecular formula is C9H22N2. The molecule has 0 heterocycles. The zero-order valence-corrected chi connectivity index (χ0v) is 8.68. The molecule has 0 saturated carbocycles. The third-order valence-electron chi connectivity index (χ3n) is 2.18. The summed E-state index contributed by atoms with van der Waals surface area (Å²) in [6.07, 6.45) is 0.495. The SMILES string of the molecule is CNC(C(C)C)N(C)C(C)C. The molecule has 0 aromatic carbocycles. The van der Waals surface area contributed by atoms with Crippen LogP contribution in [0.2, 0.25) is 0 Å². The van der Waals surface area contributed by atoms with Crippen LogP contribution in [0.4, 0.5) is 0 Å². The first kappa shape index (κ1) is 10.9. The van der Waals surface area contributed by atoms with Crippen LogP contribution in [0.1, 0.15) is 27.7 Å². The lowest BCUT2D eigenvalue weighted by Crippen LogP contribution is -2.48. The number of nitrogens with zero attached hydrogens (tertiary/aromatic N) is 1. The second-order valence-electron chi connectivity index (χ2n) is 3.74. The molecule has 0 rings (SSSR count). The van der Waals surface area contributed by atoms with Gasteiger partial charge in [0.05, 0.1) is 6.17 Å². The van der Waals surface area contributed by atoms with Crippen LogP contribution in [0.25, 0.3) is 0 Å². The zero-order chi connectivity index (χ0) is 9.02. The molecule has 11 heavy (non-hydrogen) atoms. The second kappa shape index (κ2) is 4.73. The van der Waals surface area contributed by atoms with Gasteiger partial charge in [-0.1, -0.05) is 13.8 Å². The van der Waals surface area contributed by atoms with Gasteiger partial charge in [-0.15, -0.1) is 0 Å². The Hall–Kier alpha value is -0.0800. The molecule has 2 nitrogen and oxygen atoms in total. The molecule has 1 atom stereocenters. The molecule has 0 aliphatic heterocycles. The van der Waals surface area contributed by atoms with E-state index in [4.69, 9.17) is 0 Å². The highest BCUT2D eigenvalue weighted by atomic mass is 15.3. The van der Waals surface area contributed by atoms with Gasteiger partial charge in [-0.25, -0.2) is 0 Å². The Morgan fingerprint density at radius 1 is 1.09 bits per heavy atom. The lowest BCUT2D eigenvalue weighted by Gasteiger charge is -2.33. The minimum absolute atomic E-state index is 0.495. The smallest absolute Gasteiger partial charge is 0.0618 e. The van der Waals surface area contributed by atoms with Crippen LogP contribution in [0.5, 0.6) is 0 Å². The van der Waals surface area contributed by atoms with Crippen molar-refractivity contribution >= 4 is 0 Å². The van der Waals surface area contributed by atoms with E-state index in [1.807, 2.05) is 7.05 Å². The molecule has 0 spiro atoms. The third kappa shape index (κ3) is 3.21. The highest BCUT2D eigenvalue weighted by molar-refractivity contribution is 4.70. The second-order valence-corrected chi connectivity index (χ2v) is 3.74. The Morgan fingerprint density at radius 3 is 1.64 bits per heavy atom. The summed E-state index contributed by atoms with van der Waals surface area (Å²) in [5.74, 6) is 0.660.